The first-order valence-corrected chi connectivity index (χ1v) is 8.11. The molecule has 3 aromatic rings. The Morgan fingerprint density at radius 1 is 1.08 bits per heavy atom. The smallest absolute Gasteiger partial charge is 0.138 e. The van der Waals surface area contributed by atoms with E-state index in [2.05, 4.69) is 89.6 Å². The van der Waals surface area contributed by atoms with Crippen LogP contribution in [0, 0.1) is 0 Å². The van der Waals surface area contributed by atoms with Gasteiger partial charge in [-0.1, -0.05) is 54.6 Å². The summed E-state index contributed by atoms with van der Waals surface area (Å²) >= 11 is 0. The highest BCUT2D eigenvalue weighted by molar-refractivity contribution is 5.48. The Bertz CT molecular complexity index is 761. The zero-order valence-corrected chi connectivity index (χ0v) is 14.1. The van der Waals surface area contributed by atoms with Crippen LogP contribution in [-0.4, -0.2) is 33.3 Å². The lowest BCUT2D eigenvalue weighted by atomic mass is 10.1. The van der Waals surface area contributed by atoms with Crippen molar-refractivity contribution in [2.24, 2.45) is 0 Å². The van der Waals surface area contributed by atoms with Crippen LogP contribution >= 0.6 is 0 Å². The summed E-state index contributed by atoms with van der Waals surface area (Å²) in [6.45, 7) is 3.13. The van der Waals surface area contributed by atoms with E-state index in [0.29, 0.717) is 6.04 Å². The van der Waals surface area contributed by atoms with Gasteiger partial charge >= 0.3 is 0 Å². The largest absolute Gasteiger partial charge is 0.296 e. The maximum Gasteiger partial charge on any atom is 0.138 e. The fourth-order valence-corrected chi connectivity index (χ4v) is 2.58. The molecule has 0 saturated carbocycles. The lowest BCUT2D eigenvalue weighted by Crippen LogP contribution is -2.22. The Morgan fingerprint density at radius 3 is 2.50 bits per heavy atom. The van der Waals surface area contributed by atoms with Crippen LogP contribution < -0.4 is 0 Å². The van der Waals surface area contributed by atoms with Crippen LogP contribution in [0.1, 0.15) is 24.1 Å². The second-order valence-electron chi connectivity index (χ2n) is 5.86. The fraction of sp³-hybridized carbons (Fsp3) is 0.200. The summed E-state index contributed by atoms with van der Waals surface area (Å²) in [4.78, 5) is 6.30. The van der Waals surface area contributed by atoms with Crippen LogP contribution in [0.25, 0.3) is 11.8 Å². The highest BCUT2D eigenvalue weighted by Crippen LogP contribution is 2.20. The molecular weight excluding hydrogens is 296 g/mol. The molecule has 0 fully saturated rings. The van der Waals surface area contributed by atoms with Gasteiger partial charge in [0.15, 0.2) is 0 Å². The van der Waals surface area contributed by atoms with E-state index >= 15 is 0 Å². The average Bonchev–Trinajstić information content (AvgIpc) is 3.17. The van der Waals surface area contributed by atoms with E-state index in [1.165, 1.54) is 11.1 Å². The number of hydrogen-bond acceptors (Lipinski definition) is 3. The molecule has 0 amide bonds. The molecule has 0 bridgehead atoms. The molecule has 24 heavy (non-hydrogen) atoms. The first-order chi connectivity index (χ1) is 11.7. The van der Waals surface area contributed by atoms with E-state index in [1.807, 2.05) is 6.07 Å². The van der Waals surface area contributed by atoms with Crippen LogP contribution in [0.5, 0.6) is 0 Å². The monoisotopic (exact) mass is 318 g/mol. The molecule has 1 atom stereocenters. The molecule has 1 unspecified atom stereocenters. The SMILES string of the molecule is CC(c1ccc(-n2cncn2)cc1)N(C)C/C=C/c1ccccc1. The predicted octanol–water partition coefficient (Wildman–Crippen LogP) is 3.97. The minimum absolute atomic E-state index is 0.343. The van der Waals surface area contributed by atoms with Crippen LogP contribution in [0.3, 0.4) is 0 Å². The molecule has 1 aromatic heterocycles. The normalized spacial score (nSPS) is 12.8. The van der Waals surface area contributed by atoms with Crippen molar-refractivity contribution in [1.29, 1.82) is 0 Å². The summed E-state index contributed by atoms with van der Waals surface area (Å²) in [5.74, 6) is 0. The third-order valence-corrected chi connectivity index (χ3v) is 4.22. The van der Waals surface area contributed by atoms with E-state index in [9.17, 15) is 0 Å². The van der Waals surface area contributed by atoms with E-state index in [4.69, 9.17) is 0 Å². The Balaban J connectivity index is 1.61. The molecule has 3 rings (SSSR count). The molecule has 0 N–H and O–H groups in total. The predicted molar refractivity (Wildman–Crippen MR) is 97.9 cm³/mol. The maximum absolute atomic E-state index is 4.15. The third kappa shape index (κ3) is 3.97. The molecule has 0 spiro atoms. The summed E-state index contributed by atoms with van der Waals surface area (Å²) in [7, 11) is 2.14. The molecule has 4 heteroatoms. The zero-order valence-electron chi connectivity index (χ0n) is 14.1. The Kier molecular flexibility index (Phi) is 5.18. The van der Waals surface area contributed by atoms with Crippen molar-refractivity contribution in [3.8, 4) is 5.69 Å². The average molecular weight is 318 g/mol. The van der Waals surface area contributed by atoms with Gasteiger partial charge in [0.2, 0.25) is 0 Å². The number of hydrogen-bond donors (Lipinski definition) is 0. The number of rotatable bonds is 6. The van der Waals surface area contributed by atoms with Crippen molar-refractivity contribution in [2.45, 2.75) is 13.0 Å². The van der Waals surface area contributed by atoms with Crippen LogP contribution in [-0.2, 0) is 0 Å². The van der Waals surface area contributed by atoms with Gasteiger partial charge in [-0.3, -0.25) is 4.90 Å². The Labute approximate surface area is 143 Å². The molecule has 0 aliphatic rings. The standard InChI is InChI=1S/C20H22N4/c1-17(23(2)14-6-9-18-7-4-3-5-8-18)19-10-12-20(13-11-19)24-16-21-15-22-24/h3-13,15-17H,14H2,1-2H3/b9-6+. The van der Waals surface area contributed by atoms with Crippen LogP contribution in [0.15, 0.2) is 73.3 Å². The molecule has 0 radical (unpaired) electrons. The maximum atomic E-state index is 4.15. The lowest BCUT2D eigenvalue weighted by molar-refractivity contribution is 0.290. The zero-order chi connectivity index (χ0) is 16.8. The first-order valence-electron chi connectivity index (χ1n) is 8.11. The molecule has 122 valence electrons. The van der Waals surface area contributed by atoms with Crippen molar-refractivity contribution in [2.75, 3.05) is 13.6 Å². The van der Waals surface area contributed by atoms with Gasteiger partial charge in [0.05, 0.1) is 5.69 Å². The third-order valence-electron chi connectivity index (χ3n) is 4.22. The molecule has 2 aromatic carbocycles. The highest BCUT2D eigenvalue weighted by atomic mass is 15.3. The van der Waals surface area contributed by atoms with Gasteiger partial charge in [-0.2, -0.15) is 5.10 Å². The summed E-state index contributed by atoms with van der Waals surface area (Å²) < 4.78 is 1.76. The highest BCUT2D eigenvalue weighted by Gasteiger charge is 2.10. The summed E-state index contributed by atoms with van der Waals surface area (Å²) in [6.07, 6.45) is 7.62. The van der Waals surface area contributed by atoms with Gasteiger partial charge in [-0.15, -0.1) is 0 Å². The van der Waals surface area contributed by atoms with E-state index in [-0.39, 0.29) is 0 Å². The Hall–Kier alpha value is -2.72. The van der Waals surface area contributed by atoms with Gasteiger partial charge in [0.25, 0.3) is 0 Å². The van der Waals surface area contributed by atoms with Gasteiger partial charge in [0.1, 0.15) is 12.7 Å². The van der Waals surface area contributed by atoms with E-state index < -0.39 is 0 Å². The van der Waals surface area contributed by atoms with Crippen LogP contribution in [0.4, 0.5) is 0 Å². The van der Waals surface area contributed by atoms with Gasteiger partial charge in [-0.05, 0) is 37.2 Å². The number of likely N-dealkylation sites (N-methyl/N-ethyl adjacent to an activating group) is 1. The topological polar surface area (TPSA) is 34.0 Å². The first kappa shape index (κ1) is 16.1. The molecule has 0 aliphatic carbocycles. The second-order valence-corrected chi connectivity index (χ2v) is 5.86. The molecule has 0 saturated heterocycles. The van der Waals surface area contributed by atoms with Gasteiger partial charge in [0, 0.05) is 12.6 Å². The summed E-state index contributed by atoms with van der Waals surface area (Å²) in [5.41, 5.74) is 3.54. The Morgan fingerprint density at radius 2 is 1.83 bits per heavy atom. The summed E-state index contributed by atoms with van der Waals surface area (Å²) in [5, 5.41) is 4.15. The minimum atomic E-state index is 0.343. The van der Waals surface area contributed by atoms with Gasteiger partial charge in [-0.25, -0.2) is 9.67 Å². The number of benzene rings is 2. The fourth-order valence-electron chi connectivity index (χ4n) is 2.58. The minimum Gasteiger partial charge on any atom is -0.296 e. The molecule has 1 heterocycles. The van der Waals surface area contributed by atoms with Crippen molar-refractivity contribution in [3.05, 3.63) is 84.5 Å². The quantitative estimate of drug-likeness (QED) is 0.689. The number of nitrogens with zero attached hydrogens (tertiary/aromatic N) is 4. The van der Waals surface area contributed by atoms with Gasteiger partial charge < -0.3 is 0 Å². The number of aromatic nitrogens is 3. The molecule has 0 aliphatic heterocycles. The van der Waals surface area contributed by atoms with Crippen molar-refractivity contribution in [3.63, 3.8) is 0 Å². The van der Waals surface area contributed by atoms with Crippen molar-refractivity contribution in [1.82, 2.24) is 19.7 Å². The summed E-state index contributed by atoms with van der Waals surface area (Å²) in [6, 6.07) is 19.2. The lowest BCUT2D eigenvalue weighted by Gasteiger charge is -2.24. The molecular formula is C20H22N4. The van der Waals surface area contributed by atoms with Crippen molar-refractivity contribution >= 4 is 6.08 Å². The molecule has 4 nitrogen and oxygen atoms in total. The van der Waals surface area contributed by atoms with E-state index in [0.717, 1.165) is 12.2 Å². The van der Waals surface area contributed by atoms with Crippen LogP contribution in [0.2, 0.25) is 0 Å². The van der Waals surface area contributed by atoms with Crippen molar-refractivity contribution < 1.29 is 0 Å². The van der Waals surface area contributed by atoms with E-state index in [1.54, 1.807) is 17.3 Å². The second kappa shape index (κ2) is 7.70.